The standard InChI is InChI=1S/C16H20ClNO3/c17-12-7-5-11(6-8-12)9-10-18-15(19)13-3-1-2-4-14(13)16(20)21/h5-8,13-14H,1-4,9-10H2,(H,18,19)(H,20,21)/p-1/t13-,14+/m1/s1. The number of halogens is 1. The molecule has 2 atom stereocenters. The molecule has 1 aromatic carbocycles. The zero-order valence-electron chi connectivity index (χ0n) is 11.8. The van der Waals surface area contributed by atoms with Crippen LogP contribution in [-0.2, 0) is 16.0 Å². The van der Waals surface area contributed by atoms with E-state index in [4.69, 9.17) is 11.6 Å². The molecule has 1 aliphatic rings. The van der Waals surface area contributed by atoms with Gasteiger partial charge in [-0.25, -0.2) is 0 Å². The molecule has 0 bridgehead atoms. The maximum absolute atomic E-state index is 12.1. The average molecular weight is 309 g/mol. The summed E-state index contributed by atoms with van der Waals surface area (Å²) in [6, 6.07) is 7.45. The quantitative estimate of drug-likeness (QED) is 0.897. The molecule has 1 amide bonds. The SMILES string of the molecule is O=C([O-])[C@H]1CCCC[C@H]1C(=O)NCCc1ccc(Cl)cc1. The number of hydrogen-bond donors (Lipinski definition) is 1. The van der Waals surface area contributed by atoms with E-state index in [1.807, 2.05) is 24.3 Å². The van der Waals surface area contributed by atoms with E-state index >= 15 is 0 Å². The fraction of sp³-hybridized carbons (Fsp3) is 0.500. The number of rotatable bonds is 5. The first-order chi connectivity index (χ1) is 10.1. The third-order valence-corrected chi connectivity index (χ3v) is 4.28. The minimum absolute atomic E-state index is 0.169. The highest BCUT2D eigenvalue weighted by molar-refractivity contribution is 6.30. The maximum atomic E-state index is 12.1. The molecule has 0 saturated heterocycles. The van der Waals surface area contributed by atoms with Crippen LogP contribution in [0.1, 0.15) is 31.2 Å². The lowest BCUT2D eigenvalue weighted by atomic mass is 9.78. The summed E-state index contributed by atoms with van der Waals surface area (Å²) in [4.78, 5) is 23.2. The van der Waals surface area contributed by atoms with Gasteiger partial charge in [0.1, 0.15) is 0 Å². The second-order valence-corrected chi connectivity index (χ2v) is 5.92. The van der Waals surface area contributed by atoms with E-state index in [1.54, 1.807) is 0 Å². The van der Waals surface area contributed by atoms with E-state index in [0.29, 0.717) is 30.8 Å². The molecule has 0 spiro atoms. The molecule has 1 N–H and O–H groups in total. The summed E-state index contributed by atoms with van der Waals surface area (Å²) in [7, 11) is 0. The Hall–Kier alpha value is -1.55. The Morgan fingerprint density at radius 3 is 2.38 bits per heavy atom. The monoisotopic (exact) mass is 308 g/mol. The summed E-state index contributed by atoms with van der Waals surface area (Å²) < 4.78 is 0. The van der Waals surface area contributed by atoms with Crippen LogP contribution in [0, 0.1) is 11.8 Å². The summed E-state index contributed by atoms with van der Waals surface area (Å²) in [5.74, 6) is -2.37. The maximum Gasteiger partial charge on any atom is 0.223 e. The molecule has 2 rings (SSSR count). The van der Waals surface area contributed by atoms with Crippen LogP contribution in [0.2, 0.25) is 5.02 Å². The average Bonchev–Trinajstić information content (AvgIpc) is 2.49. The number of amides is 1. The number of nitrogens with one attached hydrogen (secondary N) is 1. The van der Waals surface area contributed by atoms with Gasteiger partial charge in [-0.2, -0.15) is 0 Å². The van der Waals surface area contributed by atoms with Gasteiger partial charge < -0.3 is 15.2 Å². The lowest BCUT2D eigenvalue weighted by molar-refractivity contribution is -0.314. The number of carbonyl (C=O) groups excluding carboxylic acids is 2. The third kappa shape index (κ3) is 4.46. The van der Waals surface area contributed by atoms with Crippen molar-refractivity contribution in [1.82, 2.24) is 5.32 Å². The Balaban J connectivity index is 1.83. The van der Waals surface area contributed by atoms with Gasteiger partial charge in [-0.1, -0.05) is 36.6 Å². The van der Waals surface area contributed by atoms with Gasteiger partial charge in [-0.15, -0.1) is 0 Å². The minimum atomic E-state index is -1.10. The Labute approximate surface area is 129 Å². The van der Waals surface area contributed by atoms with Gasteiger partial charge in [0.2, 0.25) is 5.91 Å². The highest BCUT2D eigenvalue weighted by Crippen LogP contribution is 2.29. The van der Waals surface area contributed by atoms with Gasteiger partial charge in [0.15, 0.2) is 0 Å². The van der Waals surface area contributed by atoms with E-state index in [1.165, 1.54) is 0 Å². The molecular weight excluding hydrogens is 290 g/mol. The van der Waals surface area contributed by atoms with E-state index in [-0.39, 0.29) is 5.91 Å². The number of benzene rings is 1. The molecule has 0 unspecified atom stereocenters. The molecule has 1 aromatic rings. The molecular formula is C16H19ClNO3-. The molecule has 0 aliphatic heterocycles. The highest BCUT2D eigenvalue weighted by atomic mass is 35.5. The minimum Gasteiger partial charge on any atom is -0.550 e. The lowest BCUT2D eigenvalue weighted by Crippen LogP contribution is -2.44. The number of aliphatic carboxylic acids is 1. The molecule has 0 heterocycles. The van der Waals surface area contributed by atoms with Crippen LogP contribution < -0.4 is 10.4 Å². The van der Waals surface area contributed by atoms with Crippen molar-refractivity contribution in [1.29, 1.82) is 0 Å². The molecule has 1 fully saturated rings. The van der Waals surface area contributed by atoms with E-state index in [9.17, 15) is 14.7 Å². The second-order valence-electron chi connectivity index (χ2n) is 5.48. The third-order valence-electron chi connectivity index (χ3n) is 4.03. The Morgan fingerprint density at radius 1 is 1.14 bits per heavy atom. The van der Waals surface area contributed by atoms with Crippen LogP contribution in [0.4, 0.5) is 0 Å². The summed E-state index contributed by atoms with van der Waals surface area (Å²) in [6.07, 6.45) is 3.63. The Bertz CT molecular complexity index is 501. The zero-order chi connectivity index (χ0) is 15.2. The van der Waals surface area contributed by atoms with Crippen LogP contribution in [0.15, 0.2) is 24.3 Å². The molecule has 114 valence electrons. The molecule has 1 aliphatic carbocycles. The van der Waals surface area contributed by atoms with Crippen LogP contribution in [-0.4, -0.2) is 18.4 Å². The first kappa shape index (κ1) is 15.8. The van der Waals surface area contributed by atoms with Crippen molar-refractivity contribution < 1.29 is 14.7 Å². The molecule has 0 aromatic heterocycles. The van der Waals surface area contributed by atoms with Crippen molar-refractivity contribution in [3.8, 4) is 0 Å². The largest absolute Gasteiger partial charge is 0.550 e. The molecule has 0 radical (unpaired) electrons. The van der Waals surface area contributed by atoms with Crippen LogP contribution in [0.3, 0.4) is 0 Å². The number of carboxylic acids is 1. The van der Waals surface area contributed by atoms with Crippen molar-refractivity contribution in [3.05, 3.63) is 34.9 Å². The highest BCUT2D eigenvalue weighted by Gasteiger charge is 2.31. The van der Waals surface area contributed by atoms with Crippen LogP contribution >= 0.6 is 11.6 Å². The van der Waals surface area contributed by atoms with E-state index in [0.717, 1.165) is 18.4 Å². The van der Waals surface area contributed by atoms with Gasteiger partial charge in [-0.05, 0) is 37.0 Å². The lowest BCUT2D eigenvalue weighted by Gasteiger charge is -2.31. The summed E-state index contributed by atoms with van der Waals surface area (Å²) in [6.45, 7) is 0.497. The van der Waals surface area contributed by atoms with Gasteiger partial charge in [0, 0.05) is 29.4 Å². The van der Waals surface area contributed by atoms with E-state index < -0.39 is 17.8 Å². The van der Waals surface area contributed by atoms with Crippen molar-refractivity contribution in [2.75, 3.05) is 6.54 Å². The Kier molecular flexibility index (Phi) is 5.62. The summed E-state index contributed by atoms with van der Waals surface area (Å²) >= 11 is 5.81. The predicted molar refractivity (Wildman–Crippen MR) is 78.6 cm³/mol. The first-order valence-corrected chi connectivity index (χ1v) is 7.68. The summed E-state index contributed by atoms with van der Waals surface area (Å²) in [5.41, 5.74) is 1.08. The normalized spacial score (nSPS) is 21.8. The molecule has 1 saturated carbocycles. The number of carbonyl (C=O) groups is 2. The molecule has 4 nitrogen and oxygen atoms in total. The van der Waals surface area contributed by atoms with Crippen molar-refractivity contribution in [2.45, 2.75) is 32.1 Å². The van der Waals surface area contributed by atoms with Crippen LogP contribution in [0.5, 0.6) is 0 Å². The van der Waals surface area contributed by atoms with Gasteiger partial charge >= 0.3 is 0 Å². The fourth-order valence-electron chi connectivity index (χ4n) is 2.84. The zero-order valence-corrected chi connectivity index (χ0v) is 12.6. The predicted octanol–water partition coefficient (Wildman–Crippen LogP) is 1.55. The van der Waals surface area contributed by atoms with Gasteiger partial charge in [-0.3, -0.25) is 4.79 Å². The van der Waals surface area contributed by atoms with E-state index in [2.05, 4.69) is 5.32 Å². The smallest absolute Gasteiger partial charge is 0.223 e. The van der Waals surface area contributed by atoms with Crippen LogP contribution in [0.25, 0.3) is 0 Å². The van der Waals surface area contributed by atoms with Crippen molar-refractivity contribution >= 4 is 23.5 Å². The first-order valence-electron chi connectivity index (χ1n) is 7.31. The topological polar surface area (TPSA) is 69.2 Å². The van der Waals surface area contributed by atoms with Gasteiger partial charge in [0.25, 0.3) is 0 Å². The fourth-order valence-corrected chi connectivity index (χ4v) is 2.97. The summed E-state index contributed by atoms with van der Waals surface area (Å²) in [5, 5.41) is 14.6. The van der Waals surface area contributed by atoms with Crippen molar-refractivity contribution in [3.63, 3.8) is 0 Å². The second kappa shape index (κ2) is 7.46. The van der Waals surface area contributed by atoms with Gasteiger partial charge in [0.05, 0.1) is 0 Å². The molecule has 5 heteroatoms. The number of hydrogen-bond acceptors (Lipinski definition) is 3. The molecule has 21 heavy (non-hydrogen) atoms. The Morgan fingerprint density at radius 2 is 1.76 bits per heavy atom. The number of carboxylic acid groups (broad SMARTS) is 1. The van der Waals surface area contributed by atoms with Crippen molar-refractivity contribution in [2.24, 2.45) is 11.8 Å².